The maximum absolute atomic E-state index is 12.9. The van der Waals surface area contributed by atoms with Gasteiger partial charge in [0, 0.05) is 48.6 Å². The first-order valence-electron chi connectivity index (χ1n) is 13.4. The SMILES string of the molecule is CN(C(=O)O)[C@H]1CC[C@H](CC(=O)Nc2cc(-c3ccccn3)c(-c3ccc(C4(N)CCC4)cc3)cn2)CC1. The zero-order valence-corrected chi connectivity index (χ0v) is 21.8. The molecular weight excluding hydrogens is 478 g/mol. The molecule has 2 fully saturated rings. The largest absolute Gasteiger partial charge is 0.465 e. The van der Waals surface area contributed by atoms with E-state index in [4.69, 9.17) is 5.73 Å². The predicted molar refractivity (Wildman–Crippen MR) is 147 cm³/mol. The van der Waals surface area contributed by atoms with Crippen molar-refractivity contribution in [3.05, 3.63) is 66.5 Å². The van der Waals surface area contributed by atoms with Crippen LogP contribution in [0.15, 0.2) is 60.9 Å². The summed E-state index contributed by atoms with van der Waals surface area (Å²) in [7, 11) is 1.62. The van der Waals surface area contributed by atoms with E-state index in [1.54, 1.807) is 19.4 Å². The van der Waals surface area contributed by atoms with Crippen LogP contribution in [0.5, 0.6) is 0 Å². The molecule has 2 saturated carbocycles. The second kappa shape index (κ2) is 10.9. The van der Waals surface area contributed by atoms with Crippen LogP contribution in [-0.2, 0) is 10.3 Å². The number of carbonyl (C=O) groups is 2. The smallest absolute Gasteiger partial charge is 0.407 e. The minimum Gasteiger partial charge on any atom is -0.465 e. The molecule has 0 atom stereocenters. The van der Waals surface area contributed by atoms with Gasteiger partial charge in [0.1, 0.15) is 5.82 Å². The maximum atomic E-state index is 12.9. The summed E-state index contributed by atoms with van der Waals surface area (Å²) in [5.74, 6) is 0.652. The van der Waals surface area contributed by atoms with Crippen LogP contribution in [0.25, 0.3) is 22.4 Å². The first-order valence-corrected chi connectivity index (χ1v) is 13.4. The molecule has 0 unspecified atom stereocenters. The summed E-state index contributed by atoms with van der Waals surface area (Å²) >= 11 is 0. The van der Waals surface area contributed by atoms with Gasteiger partial charge in [0.05, 0.1) is 5.69 Å². The number of aromatic nitrogens is 2. The molecule has 2 heterocycles. The lowest BCUT2D eigenvalue weighted by Crippen LogP contribution is -2.43. The number of nitrogens with zero attached hydrogens (tertiary/aromatic N) is 3. The molecule has 2 aliphatic carbocycles. The molecule has 0 bridgehead atoms. The number of rotatable bonds is 7. The van der Waals surface area contributed by atoms with Gasteiger partial charge >= 0.3 is 6.09 Å². The molecule has 1 aromatic carbocycles. The first kappa shape index (κ1) is 25.9. The van der Waals surface area contributed by atoms with Crippen LogP contribution in [-0.4, -0.2) is 45.1 Å². The molecule has 5 rings (SSSR count). The van der Waals surface area contributed by atoms with Gasteiger partial charge in [-0.3, -0.25) is 9.78 Å². The summed E-state index contributed by atoms with van der Waals surface area (Å²) in [6.07, 6.45) is 9.48. The third-order valence-electron chi connectivity index (χ3n) is 8.27. The average Bonchev–Trinajstić information content (AvgIpc) is 2.92. The maximum Gasteiger partial charge on any atom is 0.407 e. The molecular formula is C30H35N5O3. The van der Waals surface area contributed by atoms with Crippen molar-refractivity contribution in [1.82, 2.24) is 14.9 Å². The van der Waals surface area contributed by atoms with Crippen LogP contribution in [0.3, 0.4) is 0 Å². The van der Waals surface area contributed by atoms with E-state index in [1.807, 2.05) is 24.3 Å². The number of amides is 2. The van der Waals surface area contributed by atoms with E-state index in [0.717, 1.165) is 66.5 Å². The molecule has 0 radical (unpaired) electrons. The Morgan fingerprint density at radius 1 is 1.05 bits per heavy atom. The number of hydrogen-bond acceptors (Lipinski definition) is 5. The molecule has 0 aliphatic heterocycles. The van der Waals surface area contributed by atoms with Crippen molar-refractivity contribution in [3.63, 3.8) is 0 Å². The lowest BCUT2D eigenvalue weighted by Gasteiger charge is -2.38. The van der Waals surface area contributed by atoms with E-state index < -0.39 is 6.09 Å². The molecule has 38 heavy (non-hydrogen) atoms. The third-order valence-corrected chi connectivity index (χ3v) is 8.27. The fraction of sp³-hybridized carbons (Fsp3) is 0.400. The highest BCUT2D eigenvalue weighted by Gasteiger charge is 2.34. The first-order chi connectivity index (χ1) is 18.3. The van der Waals surface area contributed by atoms with Crippen molar-refractivity contribution in [1.29, 1.82) is 0 Å². The van der Waals surface area contributed by atoms with Crippen LogP contribution in [0.1, 0.15) is 56.9 Å². The van der Waals surface area contributed by atoms with Crippen LogP contribution in [0, 0.1) is 5.92 Å². The fourth-order valence-electron chi connectivity index (χ4n) is 5.66. The Hall–Kier alpha value is -3.78. The van der Waals surface area contributed by atoms with Gasteiger partial charge in [0.25, 0.3) is 0 Å². The summed E-state index contributed by atoms with van der Waals surface area (Å²) in [6, 6.07) is 16.1. The van der Waals surface area contributed by atoms with Gasteiger partial charge in [-0.2, -0.15) is 0 Å². The quantitative estimate of drug-likeness (QED) is 0.376. The summed E-state index contributed by atoms with van der Waals surface area (Å²) in [4.78, 5) is 34.6. The Morgan fingerprint density at radius 2 is 1.79 bits per heavy atom. The van der Waals surface area contributed by atoms with Crippen LogP contribution < -0.4 is 11.1 Å². The van der Waals surface area contributed by atoms with E-state index in [1.165, 1.54) is 11.3 Å². The van der Waals surface area contributed by atoms with E-state index in [9.17, 15) is 14.7 Å². The predicted octanol–water partition coefficient (Wildman–Crippen LogP) is 5.65. The van der Waals surface area contributed by atoms with Crippen molar-refractivity contribution in [2.75, 3.05) is 12.4 Å². The highest BCUT2D eigenvalue weighted by Crippen LogP contribution is 2.40. The average molecular weight is 514 g/mol. The molecule has 8 heteroatoms. The van der Waals surface area contributed by atoms with E-state index >= 15 is 0 Å². The van der Waals surface area contributed by atoms with Crippen molar-refractivity contribution in [3.8, 4) is 22.4 Å². The number of nitrogens with one attached hydrogen (secondary N) is 1. The highest BCUT2D eigenvalue weighted by molar-refractivity contribution is 5.92. The van der Waals surface area contributed by atoms with E-state index in [0.29, 0.717) is 12.2 Å². The Bertz CT molecular complexity index is 1280. The summed E-state index contributed by atoms with van der Waals surface area (Å²) in [6.45, 7) is 0. The fourth-order valence-corrected chi connectivity index (χ4v) is 5.66. The Labute approximate surface area is 223 Å². The van der Waals surface area contributed by atoms with Crippen molar-refractivity contribution >= 4 is 17.8 Å². The Balaban J connectivity index is 1.30. The van der Waals surface area contributed by atoms with Crippen molar-refractivity contribution in [2.24, 2.45) is 11.7 Å². The van der Waals surface area contributed by atoms with Gasteiger partial charge in [0.2, 0.25) is 5.91 Å². The van der Waals surface area contributed by atoms with Crippen LogP contribution >= 0.6 is 0 Å². The normalized spacial score (nSPS) is 20.3. The topological polar surface area (TPSA) is 121 Å². The monoisotopic (exact) mass is 513 g/mol. The second-order valence-electron chi connectivity index (χ2n) is 10.7. The minimum absolute atomic E-state index is 0.0279. The molecule has 3 aromatic rings. The number of benzene rings is 1. The Kier molecular flexibility index (Phi) is 7.42. The zero-order chi connectivity index (χ0) is 26.7. The number of nitrogens with two attached hydrogens (primary N) is 1. The summed E-state index contributed by atoms with van der Waals surface area (Å²) in [5, 5.41) is 12.2. The molecule has 2 aromatic heterocycles. The minimum atomic E-state index is -0.901. The second-order valence-corrected chi connectivity index (χ2v) is 10.7. The lowest BCUT2D eigenvalue weighted by molar-refractivity contribution is -0.117. The van der Waals surface area contributed by atoms with Crippen LogP contribution in [0.2, 0.25) is 0 Å². The van der Waals surface area contributed by atoms with E-state index in [2.05, 4.69) is 39.6 Å². The number of pyridine rings is 2. The molecule has 0 saturated heterocycles. The van der Waals surface area contributed by atoms with E-state index in [-0.39, 0.29) is 23.4 Å². The zero-order valence-electron chi connectivity index (χ0n) is 21.8. The highest BCUT2D eigenvalue weighted by atomic mass is 16.4. The molecule has 2 aliphatic rings. The summed E-state index contributed by atoms with van der Waals surface area (Å²) < 4.78 is 0. The third kappa shape index (κ3) is 5.55. The molecule has 198 valence electrons. The molecule has 4 N–H and O–H groups in total. The van der Waals surface area contributed by atoms with Gasteiger partial charge in [-0.25, -0.2) is 9.78 Å². The van der Waals surface area contributed by atoms with Gasteiger partial charge in [-0.15, -0.1) is 0 Å². The molecule has 0 spiro atoms. The van der Waals surface area contributed by atoms with Gasteiger partial charge in [0.15, 0.2) is 0 Å². The molecule has 2 amide bonds. The van der Waals surface area contributed by atoms with Gasteiger partial charge < -0.3 is 21.1 Å². The number of carbonyl (C=O) groups excluding carboxylic acids is 1. The van der Waals surface area contributed by atoms with Crippen molar-refractivity contribution < 1.29 is 14.7 Å². The number of anilines is 1. The van der Waals surface area contributed by atoms with Gasteiger partial charge in [-0.1, -0.05) is 30.3 Å². The van der Waals surface area contributed by atoms with Crippen molar-refractivity contribution in [2.45, 2.75) is 62.9 Å². The van der Waals surface area contributed by atoms with Crippen LogP contribution in [0.4, 0.5) is 10.6 Å². The lowest BCUT2D eigenvalue weighted by atomic mass is 9.72. The Morgan fingerprint density at radius 3 is 2.39 bits per heavy atom. The summed E-state index contributed by atoms with van der Waals surface area (Å²) in [5.41, 5.74) is 11.1. The number of hydrogen-bond donors (Lipinski definition) is 3. The van der Waals surface area contributed by atoms with Gasteiger partial charge in [-0.05, 0) is 80.2 Å². The standard InChI is InChI=1S/C30H35N5O3/c1-35(29(37)38)23-12-6-20(7-13-23)17-28(36)34-27-18-24(26-5-2-3-16-32-26)25(19-33-27)21-8-10-22(11-9-21)30(31)14-4-15-30/h2-3,5,8-11,16,18-20,23H,4,6-7,12-15,17,31H2,1H3,(H,37,38)(H,33,34,36)/t20-,23-. The molecule has 8 nitrogen and oxygen atoms in total. The number of carboxylic acid groups (broad SMARTS) is 1.